The molecule has 90 valence electrons. The Morgan fingerprint density at radius 2 is 2.00 bits per heavy atom. The number of benzene rings is 1. The van der Waals surface area contributed by atoms with Crippen LogP contribution in [-0.2, 0) is 6.54 Å². The standard InChI is InChI=1S/C12H17BrN2.ClH/c13-11-5-3-10(4-6-11)8-15-7-1-2-12(14)9-15;/h3-6,12H,1-2,7-9,14H2;1H. The minimum absolute atomic E-state index is 0. The van der Waals surface area contributed by atoms with Gasteiger partial charge in [-0.2, -0.15) is 0 Å². The molecular formula is C12H18BrClN2. The third kappa shape index (κ3) is 4.06. The quantitative estimate of drug-likeness (QED) is 0.910. The van der Waals surface area contributed by atoms with Crippen LogP contribution in [0.15, 0.2) is 28.7 Å². The van der Waals surface area contributed by atoms with E-state index in [0.717, 1.165) is 17.6 Å². The Morgan fingerprint density at radius 3 is 2.62 bits per heavy atom. The van der Waals surface area contributed by atoms with Crippen molar-refractivity contribution in [1.29, 1.82) is 0 Å². The van der Waals surface area contributed by atoms with Crippen LogP contribution in [0.3, 0.4) is 0 Å². The van der Waals surface area contributed by atoms with Gasteiger partial charge in [0.15, 0.2) is 0 Å². The maximum Gasteiger partial charge on any atom is 0.0234 e. The van der Waals surface area contributed by atoms with Gasteiger partial charge in [-0.25, -0.2) is 0 Å². The molecule has 16 heavy (non-hydrogen) atoms. The molecule has 2 N–H and O–H groups in total. The van der Waals surface area contributed by atoms with Crippen molar-refractivity contribution >= 4 is 28.3 Å². The summed E-state index contributed by atoms with van der Waals surface area (Å²) in [5.41, 5.74) is 7.32. The van der Waals surface area contributed by atoms with Gasteiger partial charge in [0.05, 0.1) is 0 Å². The van der Waals surface area contributed by atoms with Crippen molar-refractivity contribution in [2.45, 2.75) is 25.4 Å². The number of rotatable bonds is 2. The highest BCUT2D eigenvalue weighted by Crippen LogP contribution is 2.15. The Bertz CT molecular complexity index is 315. The lowest BCUT2D eigenvalue weighted by molar-refractivity contribution is 0.201. The average Bonchev–Trinajstić information content (AvgIpc) is 2.22. The molecule has 0 amide bonds. The van der Waals surface area contributed by atoms with Crippen molar-refractivity contribution in [3.63, 3.8) is 0 Å². The lowest BCUT2D eigenvalue weighted by atomic mass is 10.1. The summed E-state index contributed by atoms with van der Waals surface area (Å²) in [7, 11) is 0. The molecule has 1 aliphatic heterocycles. The van der Waals surface area contributed by atoms with Gasteiger partial charge in [-0.1, -0.05) is 28.1 Å². The van der Waals surface area contributed by atoms with Crippen molar-refractivity contribution in [3.8, 4) is 0 Å². The molecule has 0 radical (unpaired) electrons. The third-order valence-electron chi connectivity index (χ3n) is 2.86. The average molecular weight is 306 g/mol. The van der Waals surface area contributed by atoms with E-state index in [1.54, 1.807) is 0 Å². The molecule has 1 aliphatic rings. The molecule has 0 spiro atoms. The second kappa shape index (κ2) is 6.60. The zero-order chi connectivity index (χ0) is 10.7. The fourth-order valence-electron chi connectivity index (χ4n) is 2.08. The molecule has 1 fully saturated rings. The fourth-order valence-corrected chi connectivity index (χ4v) is 2.35. The SMILES string of the molecule is Cl.NC1CCCN(Cc2ccc(Br)cc2)C1. The van der Waals surface area contributed by atoms with Crippen molar-refractivity contribution in [2.24, 2.45) is 5.73 Å². The zero-order valence-corrected chi connectivity index (χ0v) is 11.6. The number of hydrogen-bond donors (Lipinski definition) is 1. The normalized spacial score (nSPS) is 21.5. The predicted molar refractivity (Wildman–Crippen MR) is 73.9 cm³/mol. The Labute approximate surface area is 112 Å². The van der Waals surface area contributed by atoms with E-state index < -0.39 is 0 Å². The van der Waals surface area contributed by atoms with E-state index in [1.807, 2.05) is 0 Å². The lowest BCUT2D eigenvalue weighted by Gasteiger charge is -2.30. The number of hydrogen-bond acceptors (Lipinski definition) is 2. The van der Waals surface area contributed by atoms with Crippen molar-refractivity contribution in [1.82, 2.24) is 4.90 Å². The molecule has 1 heterocycles. The largest absolute Gasteiger partial charge is 0.327 e. The topological polar surface area (TPSA) is 29.3 Å². The van der Waals surface area contributed by atoms with E-state index in [9.17, 15) is 0 Å². The molecule has 4 heteroatoms. The molecule has 1 aromatic rings. The molecule has 1 unspecified atom stereocenters. The Hall–Kier alpha value is -0.0900. The van der Waals surface area contributed by atoms with Gasteiger partial charge in [-0.15, -0.1) is 12.4 Å². The molecule has 1 aromatic carbocycles. The van der Waals surface area contributed by atoms with E-state index in [4.69, 9.17) is 5.73 Å². The van der Waals surface area contributed by atoms with Crippen molar-refractivity contribution in [3.05, 3.63) is 34.3 Å². The maximum absolute atomic E-state index is 5.95. The Kier molecular flexibility index (Phi) is 5.76. The van der Waals surface area contributed by atoms with Crippen LogP contribution in [0.5, 0.6) is 0 Å². The van der Waals surface area contributed by atoms with Gasteiger partial charge in [0.25, 0.3) is 0 Å². The van der Waals surface area contributed by atoms with E-state index in [1.165, 1.54) is 24.9 Å². The molecule has 2 rings (SSSR count). The second-order valence-corrected chi connectivity index (χ2v) is 5.18. The highest BCUT2D eigenvalue weighted by molar-refractivity contribution is 9.10. The minimum Gasteiger partial charge on any atom is -0.327 e. The summed E-state index contributed by atoms with van der Waals surface area (Å²) in [6.07, 6.45) is 2.41. The van der Waals surface area contributed by atoms with Crippen LogP contribution in [0.4, 0.5) is 0 Å². The first-order chi connectivity index (χ1) is 7.24. The molecule has 0 saturated carbocycles. The molecule has 1 atom stereocenters. The summed E-state index contributed by atoms with van der Waals surface area (Å²) in [6, 6.07) is 8.90. The van der Waals surface area contributed by atoms with Crippen LogP contribution in [-0.4, -0.2) is 24.0 Å². The molecule has 0 aromatic heterocycles. The first-order valence-electron chi connectivity index (χ1n) is 5.46. The Balaban J connectivity index is 0.00000128. The first kappa shape index (κ1) is 14.0. The van der Waals surface area contributed by atoms with Crippen LogP contribution in [0.2, 0.25) is 0 Å². The van der Waals surface area contributed by atoms with Crippen LogP contribution in [0, 0.1) is 0 Å². The Morgan fingerprint density at radius 1 is 1.31 bits per heavy atom. The molecule has 2 nitrogen and oxygen atoms in total. The monoisotopic (exact) mass is 304 g/mol. The summed E-state index contributed by atoms with van der Waals surface area (Å²) in [5, 5.41) is 0. The summed E-state index contributed by atoms with van der Waals surface area (Å²) in [6.45, 7) is 3.25. The van der Waals surface area contributed by atoms with Gasteiger partial charge in [0.2, 0.25) is 0 Å². The summed E-state index contributed by atoms with van der Waals surface area (Å²) in [4.78, 5) is 2.44. The maximum atomic E-state index is 5.95. The summed E-state index contributed by atoms with van der Waals surface area (Å²) >= 11 is 3.45. The first-order valence-corrected chi connectivity index (χ1v) is 6.26. The van der Waals surface area contributed by atoms with Gasteiger partial charge in [0, 0.05) is 23.6 Å². The highest BCUT2D eigenvalue weighted by Gasteiger charge is 2.16. The number of likely N-dealkylation sites (tertiary alicyclic amines) is 1. The number of piperidine rings is 1. The van der Waals surface area contributed by atoms with E-state index in [0.29, 0.717) is 6.04 Å². The van der Waals surface area contributed by atoms with Crippen molar-refractivity contribution in [2.75, 3.05) is 13.1 Å². The number of nitrogens with two attached hydrogens (primary N) is 1. The highest BCUT2D eigenvalue weighted by atomic mass is 79.9. The van der Waals surface area contributed by atoms with Gasteiger partial charge in [0.1, 0.15) is 0 Å². The molecule has 0 bridgehead atoms. The summed E-state index contributed by atoms with van der Waals surface area (Å²) in [5.74, 6) is 0. The molecule has 1 saturated heterocycles. The van der Waals surface area contributed by atoms with Gasteiger partial charge < -0.3 is 5.73 Å². The smallest absolute Gasteiger partial charge is 0.0234 e. The van der Waals surface area contributed by atoms with Crippen molar-refractivity contribution < 1.29 is 0 Å². The van der Waals surface area contributed by atoms with Gasteiger partial charge >= 0.3 is 0 Å². The second-order valence-electron chi connectivity index (χ2n) is 4.26. The third-order valence-corrected chi connectivity index (χ3v) is 3.39. The summed E-state index contributed by atoms with van der Waals surface area (Å²) < 4.78 is 1.14. The number of nitrogens with zero attached hydrogens (tertiary/aromatic N) is 1. The minimum atomic E-state index is 0. The van der Waals surface area contributed by atoms with Crippen LogP contribution in [0.1, 0.15) is 18.4 Å². The van der Waals surface area contributed by atoms with Gasteiger partial charge in [-0.3, -0.25) is 4.90 Å². The van der Waals surface area contributed by atoms with Crippen LogP contribution >= 0.6 is 28.3 Å². The van der Waals surface area contributed by atoms with Gasteiger partial charge in [-0.05, 0) is 37.1 Å². The van der Waals surface area contributed by atoms with E-state index in [-0.39, 0.29) is 12.4 Å². The molecule has 0 aliphatic carbocycles. The fraction of sp³-hybridized carbons (Fsp3) is 0.500. The van der Waals surface area contributed by atoms with Crippen LogP contribution in [0.25, 0.3) is 0 Å². The van der Waals surface area contributed by atoms with Crippen LogP contribution < -0.4 is 5.73 Å². The number of halogens is 2. The molecular weight excluding hydrogens is 288 g/mol. The predicted octanol–water partition coefficient (Wildman–Crippen LogP) is 2.79. The zero-order valence-electron chi connectivity index (χ0n) is 9.23. The van der Waals surface area contributed by atoms with E-state index >= 15 is 0 Å². The lowest BCUT2D eigenvalue weighted by Crippen LogP contribution is -2.42. The van der Waals surface area contributed by atoms with E-state index in [2.05, 4.69) is 45.1 Å².